The molecule has 1 atom stereocenters. The Kier molecular flexibility index (Phi) is 10.2. The molecule has 0 radical (unpaired) electrons. The Hall–Kier alpha value is -0.780. The average Bonchev–Trinajstić information content (AvgIpc) is 2.26. The first-order chi connectivity index (χ1) is 7.74. The summed E-state index contributed by atoms with van der Waals surface area (Å²) in [6, 6.07) is 0. The molecule has 0 aliphatic rings. The van der Waals surface area contributed by atoms with Crippen LogP contribution in [0, 0.1) is 5.92 Å². The number of hydrogen-bond donors (Lipinski definition) is 0. The van der Waals surface area contributed by atoms with Gasteiger partial charge >= 0.3 is 0 Å². The molecule has 0 heteroatoms. The zero-order valence-corrected chi connectivity index (χ0v) is 11.2. The maximum absolute atomic E-state index is 3.80. The first-order valence-corrected chi connectivity index (χ1v) is 6.64. The van der Waals surface area contributed by atoms with Gasteiger partial charge in [-0.25, -0.2) is 0 Å². The third kappa shape index (κ3) is 8.52. The fourth-order valence-electron chi connectivity index (χ4n) is 1.93. The van der Waals surface area contributed by atoms with Gasteiger partial charge in [-0.1, -0.05) is 37.6 Å². The molecule has 0 aromatic heterocycles. The van der Waals surface area contributed by atoms with Gasteiger partial charge in [-0.3, -0.25) is 0 Å². The van der Waals surface area contributed by atoms with Crippen molar-refractivity contribution in [1.29, 1.82) is 0 Å². The van der Waals surface area contributed by atoms with Crippen molar-refractivity contribution in [1.82, 2.24) is 0 Å². The van der Waals surface area contributed by atoms with Crippen molar-refractivity contribution in [3.63, 3.8) is 0 Å². The molecule has 0 saturated heterocycles. The SMILES string of the molecule is C=CCCCC(=CCC)CCC(C)CC=C. The highest BCUT2D eigenvalue weighted by Gasteiger charge is 2.02. The quantitative estimate of drug-likeness (QED) is 0.328. The van der Waals surface area contributed by atoms with Crippen molar-refractivity contribution in [2.45, 2.75) is 58.8 Å². The van der Waals surface area contributed by atoms with Crippen LogP contribution in [0.2, 0.25) is 0 Å². The summed E-state index contributed by atoms with van der Waals surface area (Å²) in [6.45, 7) is 12.1. The van der Waals surface area contributed by atoms with E-state index in [0.717, 1.165) is 18.8 Å². The van der Waals surface area contributed by atoms with E-state index in [1.54, 1.807) is 5.57 Å². The number of allylic oxidation sites excluding steroid dienone is 4. The van der Waals surface area contributed by atoms with Crippen LogP contribution in [0.4, 0.5) is 0 Å². The monoisotopic (exact) mass is 220 g/mol. The first kappa shape index (κ1) is 15.2. The zero-order chi connectivity index (χ0) is 12.2. The first-order valence-electron chi connectivity index (χ1n) is 6.64. The molecule has 1 unspecified atom stereocenters. The van der Waals surface area contributed by atoms with Crippen LogP contribution < -0.4 is 0 Å². The summed E-state index contributed by atoms with van der Waals surface area (Å²) >= 11 is 0. The second-order valence-corrected chi connectivity index (χ2v) is 4.62. The number of rotatable bonds is 10. The van der Waals surface area contributed by atoms with E-state index in [2.05, 4.69) is 33.1 Å². The lowest BCUT2D eigenvalue weighted by Crippen LogP contribution is -1.95. The number of hydrogen-bond acceptors (Lipinski definition) is 0. The summed E-state index contributed by atoms with van der Waals surface area (Å²) in [7, 11) is 0. The Morgan fingerprint density at radius 1 is 1.19 bits per heavy atom. The standard InChI is InChI=1S/C16H28/c1-5-8-9-12-16(11-7-3)14-13-15(4)10-6-2/h5-6,11,15H,1-2,7-10,12-14H2,3-4H3. The molecule has 0 fully saturated rings. The molecule has 0 saturated carbocycles. The third-order valence-corrected chi connectivity index (χ3v) is 2.93. The van der Waals surface area contributed by atoms with Gasteiger partial charge in [0.1, 0.15) is 0 Å². The van der Waals surface area contributed by atoms with Gasteiger partial charge in [-0.15, -0.1) is 13.2 Å². The summed E-state index contributed by atoms with van der Waals surface area (Å²) in [5.41, 5.74) is 1.64. The molecule has 0 spiro atoms. The van der Waals surface area contributed by atoms with E-state index in [1.165, 1.54) is 32.1 Å². The summed E-state index contributed by atoms with van der Waals surface area (Å²) < 4.78 is 0. The summed E-state index contributed by atoms with van der Waals surface area (Å²) in [5.74, 6) is 0.775. The molecule has 0 heterocycles. The Morgan fingerprint density at radius 3 is 2.50 bits per heavy atom. The van der Waals surface area contributed by atoms with Crippen LogP contribution in [-0.4, -0.2) is 0 Å². The Bertz CT molecular complexity index is 210. The number of unbranched alkanes of at least 4 members (excludes halogenated alkanes) is 1. The summed E-state index contributed by atoms with van der Waals surface area (Å²) in [6.07, 6.45) is 15.0. The fourth-order valence-corrected chi connectivity index (χ4v) is 1.93. The van der Waals surface area contributed by atoms with Crippen LogP contribution in [0.25, 0.3) is 0 Å². The van der Waals surface area contributed by atoms with Crippen LogP contribution in [0.5, 0.6) is 0 Å². The van der Waals surface area contributed by atoms with Gasteiger partial charge in [0.05, 0.1) is 0 Å². The van der Waals surface area contributed by atoms with Gasteiger partial charge in [0.2, 0.25) is 0 Å². The third-order valence-electron chi connectivity index (χ3n) is 2.93. The zero-order valence-electron chi connectivity index (χ0n) is 11.2. The van der Waals surface area contributed by atoms with Crippen molar-refractivity contribution < 1.29 is 0 Å². The lowest BCUT2D eigenvalue weighted by Gasteiger charge is -2.11. The lowest BCUT2D eigenvalue weighted by molar-refractivity contribution is 0.532. The van der Waals surface area contributed by atoms with E-state index < -0.39 is 0 Å². The Labute approximate surface area is 102 Å². The van der Waals surface area contributed by atoms with Crippen LogP contribution in [0.15, 0.2) is 37.0 Å². The predicted molar refractivity (Wildman–Crippen MR) is 75.6 cm³/mol. The van der Waals surface area contributed by atoms with Gasteiger partial charge in [-0.2, -0.15) is 0 Å². The van der Waals surface area contributed by atoms with Crippen molar-refractivity contribution in [2.75, 3.05) is 0 Å². The molecule has 0 bridgehead atoms. The second-order valence-electron chi connectivity index (χ2n) is 4.62. The maximum Gasteiger partial charge on any atom is -0.0317 e. The normalized spacial score (nSPS) is 13.5. The molecular weight excluding hydrogens is 192 g/mol. The Balaban J connectivity index is 3.88. The molecule has 0 aromatic carbocycles. The molecule has 92 valence electrons. The smallest absolute Gasteiger partial charge is 0.0317 e. The minimum absolute atomic E-state index is 0.775. The minimum atomic E-state index is 0.775. The molecular formula is C16H28. The van der Waals surface area contributed by atoms with Crippen LogP contribution in [-0.2, 0) is 0 Å². The molecule has 0 nitrogen and oxygen atoms in total. The van der Waals surface area contributed by atoms with Gasteiger partial charge in [0.15, 0.2) is 0 Å². The molecule has 0 amide bonds. The van der Waals surface area contributed by atoms with E-state index in [4.69, 9.17) is 0 Å². The summed E-state index contributed by atoms with van der Waals surface area (Å²) in [5, 5.41) is 0. The van der Waals surface area contributed by atoms with Crippen LogP contribution in [0.1, 0.15) is 58.8 Å². The van der Waals surface area contributed by atoms with Gasteiger partial charge in [-0.05, 0) is 50.9 Å². The lowest BCUT2D eigenvalue weighted by atomic mass is 9.95. The van der Waals surface area contributed by atoms with Crippen molar-refractivity contribution in [3.8, 4) is 0 Å². The van der Waals surface area contributed by atoms with Crippen molar-refractivity contribution >= 4 is 0 Å². The van der Waals surface area contributed by atoms with E-state index in [9.17, 15) is 0 Å². The Morgan fingerprint density at radius 2 is 1.94 bits per heavy atom. The van der Waals surface area contributed by atoms with E-state index >= 15 is 0 Å². The highest BCUT2D eigenvalue weighted by Crippen LogP contribution is 2.20. The van der Waals surface area contributed by atoms with Crippen molar-refractivity contribution in [3.05, 3.63) is 37.0 Å². The summed E-state index contributed by atoms with van der Waals surface area (Å²) in [4.78, 5) is 0. The van der Waals surface area contributed by atoms with Gasteiger partial charge in [0.25, 0.3) is 0 Å². The van der Waals surface area contributed by atoms with Crippen LogP contribution >= 0.6 is 0 Å². The molecule has 0 aliphatic carbocycles. The second kappa shape index (κ2) is 10.7. The predicted octanol–water partition coefficient (Wildman–Crippen LogP) is 5.67. The molecule has 0 rings (SSSR count). The average molecular weight is 220 g/mol. The van der Waals surface area contributed by atoms with E-state index in [-0.39, 0.29) is 0 Å². The molecule has 16 heavy (non-hydrogen) atoms. The van der Waals surface area contributed by atoms with Gasteiger partial charge < -0.3 is 0 Å². The molecule has 0 aromatic rings. The molecule has 0 N–H and O–H groups in total. The van der Waals surface area contributed by atoms with Crippen molar-refractivity contribution in [2.24, 2.45) is 5.92 Å². The molecule has 0 aliphatic heterocycles. The maximum atomic E-state index is 3.80. The van der Waals surface area contributed by atoms with E-state index in [0.29, 0.717) is 0 Å². The fraction of sp³-hybridized carbons (Fsp3) is 0.625. The highest BCUT2D eigenvalue weighted by atomic mass is 14.1. The largest absolute Gasteiger partial charge is 0.103 e. The highest BCUT2D eigenvalue weighted by molar-refractivity contribution is 5.02. The van der Waals surface area contributed by atoms with E-state index in [1.807, 2.05) is 12.2 Å². The van der Waals surface area contributed by atoms with Gasteiger partial charge in [0, 0.05) is 0 Å². The topological polar surface area (TPSA) is 0 Å². The minimum Gasteiger partial charge on any atom is -0.103 e. The van der Waals surface area contributed by atoms with Crippen LogP contribution in [0.3, 0.4) is 0 Å².